The van der Waals surface area contributed by atoms with Gasteiger partial charge in [0.15, 0.2) is 0 Å². The molecule has 0 bridgehead atoms. The number of amides is 3. The van der Waals surface area contributed by atoms with Crippen molar-refractivity contribution in [2.24, 2.45) is 17.8 Å². The van der Waals surface area contributed by atoms with Crippen LogP contribution >= 0.6 is 11.6 Å². The van der Waals surface area contributed by atoms with Crippen LogP contribution in [0.1, 0.15) is 56.0 Å². The molecule has 2 N–H and O–H groups in total. The lowest BCUT2D eigenvalue weighted by Crippen LogP contribution is -2.36. The van der Waals surface area contributed by atoms with Gasteiger partial charge in [0.05, 0.1) is 10.6 Å². The third kappa shape index (κ3) is 6.01. The average Bonchev–Trinajstić information content (AvgIpc) is 2.70. The van der Waals surface area contributed by atoms with E-state index in [2.05, 4.69) is 31.4 Å². The molecule has 2 aromatic rings. The summed E-state index contributed by atoms with van der Waals surface area (Å²) in [7, 11) is 0. The molecule has 1 aliphatic rings. The van der Waals surface area contributed by atoms with Crippen LogP contribution in [-0.4, -0.2) is 18.0 Å². The summed E-state index contributed by atoms with van der Waals surface area (Å²) >= 11 is 6.01. The highest BCUT2D eigenvalue weighted by atomic mass is 35.5. The molecule has 0 aliphatic heterocycles. The normalized spacial score (nSPS) is 20.9. The van der Waals surface area contributed by atoms with E-state index in [0.29, 0.717) is 28.5 Å². The second-order valence-electron chi connectivity index (χ2n) is 8.85. The summed E-state index contributed by atoms with van der Waals surface area (Å²) in [6.07, 6.45) is 3.72. The maximum Gasteiger partial charge on any atom is 0.326 e. The molecule has 2 aromatic carbocycles. The molecule has 0 aromatic heterocycles. The Bertz CT molecular complexity index is 944. The minimum absolute atomic E-state index is 0.206. The lowest BCUT2D eigenvalue weighted by Gasteiger charge is -2.37. The molecule has 1 aliphatic carbocycles. The Kier molecular flexibility index (Phi) is 7.60. The fraction of sp³-hybridized carbons (Fsp3) is 0.440. The minimum atomic E-state index is -0.612. The zero-order valence-electron chi connectivity index (χ0n) is 18.6. The van der Waals surface area contributed by atoms with E-state index >= 15 is 0 Å². The quantitative estimate of drug-likeness (QED) is 0.559. The number of aryl methyl sites for hydroxylation is 1. The van der Waals surface area contributed by atoms with Gasteiger partial charge in [-0.05, 0) is 73.4 Å². The first-order valence-corrected chi connectivity index (χ1v) is 11.3. The molecule has 5 nitrogen and oxygen atoms in total. The second-order valence-corrected chi connectivity index (χ2v) is 9.26. The smallest absolute Gasteiger partial charge is 0.326 e. The minimum Gasteiger partial charge on any atom is -0.490 e. The van der Waals surface area contributed by atoms with Crippen molar-refractivity contribution in [2.45, 2.75) is 53.1 Å². The third-order valence-electron chi connectivity index (χ3n) is 6.02. The Hall–Kier alpha value is -2.53. The summed E-state index contributed by atoms with van der Waals surface area (Å²) in [4.78, 5) is 24.5. The number of nitrogens with one attached hydrogen (secondary N) is 2. The van der Waals surface area contributed by atoms with Gasteiger partial charge in [-0.3, -0.25) is 10.1 Å². The Labute approximate surface area is 189 Å². The molecule has 0 saturated heterocycles. The van der Waals surface area contributed by atoms with Crippen molar-refractivity contribution in [1.82, 2.24) is 5.32 Å². The van der Waals surface area contributed by atoms with Gasteiger partial charge >= 0.3 is 6.03 Å². The van der Waals surface area contributed by atoms with Crippen LogP contribution in [0.15, 0.2) is 42.5 Å². The first-order chi connectivity index (χ1) is 14.7. The summed E-state index contributed by atoms with van der Waals surface area (Å²) in [6.45, 7) is 8.78. The average molecular weight is 443 g/mol. The fourth-order valence-corrected chi connectivity index (χ4v) is 4.47. The highest BCUT2D eigenvalue weighted by Gasteiger charge is 2.32. The zero-order valence-corrected chi connectivity index (χ0v) is 19.3. The molecular weight excluding hydrogens is 412 g/mol. The van der Waals surface area contributed by atoms with Crippen molar-refractivity contribution < 1.29 is 14.3 Å². The third-order valence-corrected chi connectivity index (χ3v) is 6.35. The van der Waals surface area contributed by atoms with Crippen LogP contribution in [0.5, 0.6) is 5.75 Å². The number of carbonyl (C=O) groups is 2. The van der Waals surface area contributed by atoms with Crippen molar-refractivity contribution in [3.05, 3.63) is 58.6 Å². The molecule has 31 heavy (non-hydrogen) atoms. The van der Waals surface area contributed by atoms with E-state index in [1.165, 1.54) is 12.8 Å². The van der Waals surface area contributed by atoms with Gasteiger partial charge in [-0.25, -0.2) is 4.79 Å². The number of anilines is 1. The van der Waals surface area contributed by atoms with E-state index in [9.17, 15) is 9.59 Å². The molecule has 166 valence electrons. The molecule has 0 radical (unpaired) electrons. The van der Waals surface area contributed by atoms with Crippen LogP contribution in [0.25, 0.3) is 0 Å². The van der Waals surface area contributed by atoms with E-state index < -0.39 is 11.9 Å². The number of ether oxygens (including phenoxy) is 1. The van der Waals surface area contributed by atoms with Crippen molar-refractivity contribution >= 4 is 29.2 Å². The molecule has 3 unspecified atom stereocenters. The van der Waals surface area contributed by atoms with Gasteiger partial charge < -0.3 is 10.1 Å². The SMILES string of the molecule is Cc1cc(NC(=O)NC(=O)c2ccccc2Cl)ccc1OC1CC(C)CCC1C(C)C. The van der Waals surface area contributed by atoms with Crippen molar-refractivity contribution in [3.63, 3.8) is 0 Å². The van der Waals surface area contributed by atoms with Gasteiger partial charge in [0.2, 0.25) is 0 Å². The number of hydrogen-bond donors (Lipinski definition) is 2. The van der Waals surface area contributed by atoms with E-state index in [-0.39, 0.29) is 11.7 Å². The first kappa shape index (κ1) is 23.1. The summed E-state index contributed by atoms with van der Waals surface area (Å²) in [6, 6.07) is 11.5. The number of carbonyl (C=O) groups excluding carboxylic acids is 2. The standard InChI is InChI=1S/C25H31ClN2O3/c1-15(2)19-11-9-16(3)13-23(19)31-22-12-10-18(14-17(22)4)27-25(30)28-24(29)20-7-5-6-8-21(20)26/h5-8,10,12,14-16,19,23H,9,11,13H2,1-4H3,(H2,27,28,29,30). The molecule has 1 saturated carbocycles. The number of halogens is 1. The van der Waals surface area contributed by atoms with Crippen LogP contribution in [0.2, 0.25) is 5.02 Å². The molecule has 0 heterocycles. The zero-order chi connectivity index (χ0) is 22.5. The van der Waals surface area contributed by atoms with E-state index in [1.807, 2.05) is 19.1 Å². The van der Waals surface area contributed by atoms with Crippen LogP contribution < -0.4 is 15.4 Å². The fourth-order valence-electron chi connectivity index (χ4n) is 4.25. The summed E-state index contributed by atoms with van der Waals surface area (Å²) in [5.41, 5.74) is 1.78. The van der Waals surface area contributed by atoms with Crippen LogP contribution in [0.3, 0.4) is 0 Å². The topological polar surface area (TPSA) is 67.4 Å². The van der Waals surface area contributed by atoms with Crippen LogP contribution in [0, 0.1) is 24.7 Å². The Balaban J connectivity index is 1.63. The van der Waals surface area contributed by atoms with Crippen LogP contribution in [0.4, 0.5) is 10.5 Å². The van der Waals surface area contributed by atoms with Crippen molar-refractivity contribution in [3.8, 4) is 5.75 Å². The highest BCUT2D eigenvalue weighted by Crippen LogP contribution is 2.37. The second kappa shape index (κ2) is 10.2. The lowest BCUT2D eigenvalue weighted by molar-refractivity contribution is 0.0455. The molecule has 0 spiro atoms. The Morgan fingerprint density at radius 1 is 1.13 bits per heavy atom. The van der Waals surface area contributed by atoms with Gasteiger partial charge in [0.1, 0.15) is 11.9 Å². The molecule has 3 atom stereocenters. The molecular formula is C25H31ClN2O3. The van der Waals surface area contributed by atoms with Gasteiger partial charge in [0, 0.05) is 5.69 Å². The van der Waals surface area contributed by atoms with Crippen LogP contribution in [-0.2, 0) is 0 Å². The summed E-state index contributed by atoms with van der Waals surface area (Å²) in [5.74, 6) is 2.09. The molecule has 1 fully saturated rings. The molecule has 3 amide bonds. The van der Waals surface area contributed by atoms with E-state index in [4.69, 9.17) is 16.3 Å². The van der Waals surface area contributed by atoms with Gasteiger partial charge in [-0.1, -0.05) is 50.9 Å². The van der Waals surface area contributed by atoms with Crippen molar-refractivity contribution in [1.29, 1.82) is 0 Å². The largest absolute Gasteiger partial charge is 0.490 e. The maximum absolute atomic E-state index is 12.3. The number of hydrogen-bond acceptors (Lipinski definition) is 3. The molecule has 6 heteroatoms. The predicted octanol–water partition coefficient (Wildman–Crippen LogP) is 6.45. The maximum atomic E-state index is 12.3. The number of urea groups is 1. The lowest BCUT2D eigenvalue weighted by atomic mass is 9.75. The van der Waals surface area contributed by atoms with E-state index in [1.54, 1.807) is 30.3 Å². The van der Waals surface area contributed by atoms with Crippen molar-refractivity contribution in [2.75, 3.05) is 5.32 Å². The van der Waals surface area contributed by atoms with Gasteiger partial charge in [0.25, 0.3) is 5.91 Å². The highest BCUT2D eigenvalue weighted by molar-refractivity contribution is 6.34. The first-order valence-electron chi connectivity index (χ1n) is 10.9. The number of benzene rings is 2. The monoisotopic (exact) mass is 442 g/mol. The Morgan fingerprint density at radius 3 is 2.55 bits per heavy atom. The van der Waals surface area contributed by atoms with Gasteiger partial charge in [-0.15, -0.1) is 0 Å². The van der Waals surface area contributed by atoms with E-state index in [0.717, 1.165) is 17.7 Å². The summed E-state index contributed by atoms with van der Waals surface area (Å²) in [5, 5.41) is 5.30. The Morgan fingerprint density at radius 2 is 1.87 bits per heavy atom. The summed E-state index contributed by atoms with van der Waals surface area (Å²) < 4.78 is 6.43. The molecule has 3 rings (SSSR count). The predicted molar refractivity (Wildman–Crippen MR) is 125 cm³/mol. The number of imide groups is 1. The van der Waals surface area contributed by atoms with Gasteiger partial charge in [-0.2, -0.15) is 0 Å². The number of rotatable bonds is 5.